The molecule has 136 valence electrons. The van der Waals surface area contributed by atoms with Crippen molar-refractivity contribution in [3.05, 3.63) is 45.9 Å². The van der Waals surface area contributed by atoms with Crippen LogP contribution in [0.1, 0.15) is 17.4 Å². The highest BCUT2D eigenvalue weighted by Crippen LogP contribution is 2.31. The molecule has 0 radical (unpaired) electrons. The Kier molecular flexibility index (Phi) is 5.73. The van der Waals surface area contributed by atoms with Crippen molar-refractivity contribution < 1.29 is 9.18 Å². The van der Waals surface area contributed by atoms with Gasteiger partial charge in [0.05, 0.1) is 5.75 Å². The number of aromatic nitrogens is 3. The summed E-state index contributed by atoms with van der Waals surface area (Å²) in [4.78, 5) is 13.4. The molecule has 2 heterocycles. The summed E-state index contributed by atoms with van der Waals surface area (Å²) in [6.07, 6.45) is 0.945. The molecule has 0 bridgehead atoms. The molecule has 5 nitrogen and oxygen atoms in total. The SMILES string of the molecule is CCc1c(-c2nnc(SCC(=O)Nc3ccc(F)cc3)n2C)csc1C. The lowest BCUT2D eigenvalue weighted by Crippen LogP contribution is -2.14. The number of carbonyl (C=O) groups excluding carboxylic acids is 1. The molecule has 1 aromatic carbocycles. The first kappa shape index (κ1) is 18.6. The van der Waals surface area contributed by atoms with Gasteiger partial charge in [-0.1, -0.05) is 18.7 Å². The minimum absolute atomic E-state index is 0.174. The van der Waals surface area contributed by atoms with E-state index in [1.807, 2.05) is 11.6 Å². The molecule has 0 aliphatic carbocycles. The lowest BCUT2D eigenvalue weighted by molar-refractivity contribution is -0.113. The number of halogens is 1. The van der Waals surface area contributed by atoms with E-state index in [-0.39, 0.29) is 17.5 Å². The number of anilines is 1. The van der Waals surface area contributed by atoms with Gasteiger partial charge in [-0.05, 0) is 43.2 Å². The second-order valence-corrected chi connectivity index (χ2v) is 7.77. The van der Waals surface area contributed by atoms with Crippen LogP contribution >= 0.6 is 23.1 Å². The van der Waals surface area contributed by atoms with E-state index in [9.17, 15) is 9.18 Å². The number of carbonyl (C=O) groups is 1. The van der Waals surface area contributed by atoms with Crippen molar-refractivity contribution in [3.63, 3.8) is 0 Å². The van der Waals surface area contributed by atoms with Crippen LogP contribution in [-0.4, -0.2) is 26.4 Å². The zero-order valence-corrected chi connectivity index (χ0v) is 16.4. The third-order valence-corrected chi connectivity index (χ3v) is 5.97. The summed E-state index contributed by atoms with van der Waals surface area (Å²) in [5.74, 6) is 0.505. The Labute approximate surface area is 159 Å². The van der Waals surface area contributed by atoms with Gasteiger partial charge in [0.1, 0.15) is 5.82 Å². The van der Waals surface area contributed by atoms with Gasteiger partial charge in [0.25, 0.3) is 0 Å². The average Bonchev–Trinajstić information content (AvgIpc) is 3.17. The number of rotatable bonds is 6. The van der Waals surface area contributed by atoms with Gasteiger partial charge >= 0.3 is 0 Å². The van der Waals surface area contributed by atoms with Crippen LogP contribution in [0.2, 0.25) is 0 Å². The molecular formula is C18H19FN4OS2. The monoisotopic (exact) mass is 390 g/mol. The van der Waals surface area contributed by atoms with Crippen LogP contribution in [0.3, 0.4) is 0 Å². The van der Waals surface area contributed by atoms with E-state index in [1.165, 1.54) is 46.5 Å². The zero-order valence-electron chi connectivity index (χ0n) is 14.7. The summed E-state index contributed by atoms with van der Waals surface area (Å²) >= 11 is 3.03. The van der Waals surface area contributed by atoms with Gasteiger partial charge in [-0.2, -0.15) is 0 Å². The molecule has 26 heavy (non-hydrogen) atoms. The molecule has 3 aromatic rings. The van der Waals surface area contributed by atoms with E-state index in [4.69, 9.17) is 0 Å². The molecule has 0 spiro atoms. The van der Waals surface area contributed by atoms with Crippen LogP contribution in [0, 0.1) is 12.7 Å². The van der Waals surface area contributed by atoms with Crippen molar-refractivity contribution >= 4 is 34.7 Å². The maximum atomic E-state index is 12.9. The Morgan fingerprint density at radius 1 is 1.31 bits per heavy atom. The van der Waals surface area contributed by atoms with Crippen LogP contribution in [0.15, 0.2) is 34.8 Å². The highest BCUT2D eigenvalue weighted by Gasteiger charge is 2.17. The second kappa shape index (κ2) is 8.01. The Morgan fingerprint density at radius 3 is 2.73 bits per heavy atom. The van der Waals surface area contributed by atoms with Gasteiger partial charge in [0.2, 0.25) is 5.91 Å². The van der Waals surface area contributed by atoms with E-state index >= 15 is 0 Å². The van der Waals surface area contributed by atoms with E-state index in [2.05, 4.69) is 34.7 Å². The number of hydrogen-bond acceptors (Lipinski definition) is 5. The standard InChI is InChI=1S/C18H19FN4OS2/c1-4-14-11(2)25-9-15(14)17-21-22-18(23(17)3)26-10-16(24)20-13-7-5-12(19)6-8-13/h5-9H,4,10H2,1-3H3,(H,20,24). The normalized spacial score (nSPS) is 10.9. The predicted molar refractivity (Wildman–Crippen MR) is 104 cm³/mol. The van der Waals surface area contributed by atoms with Gasteiger partial charge in [0, 0.05) is 28.6 Å². The summed E-state index contributed by atoms with van der Waals surface area (Å²) in [5.41, 5.74) is 2.96. The Hall–Kier alpha value is -2.19. The molecule has 0 saturated carbocycles. The van der Waals surface area contributed by atoms with Gasteiger partial charge in [0.15, 0.2) is 11.0 Å². The van der Waals surface area contributed by atoms with Crippen LogP contribution in [0.4, 0.5) is 10.1 Å². The minimum atomic E-state index is -0.334. The number of aryl methyl sites for hydroxylation is 1. The number of amides is 1. The highest BCUT2D eigenvalue weighted by molar-refractivity contribution is 7.99. The predicted octanol–water partition coefficient (Wildman–Crippen LogP) is 4.28. The van der Waals surface area contributed by atoms with Crippen molar-refractivity contribution in [1.29, 1.82) is 0 Å². The fourth-order valence-corrected chi connectivity index (χ4v) is 4.29. The van der Waals surface area contributed by atoms with Gasteiger partial charge in [-0.25, -0.2) is 4.39 Å². The first-order chi connectivity index (χ1) is 12.5. The van der Waals surface area contributed by atoms with Crippen LogP contribution in [0.25, 0.3) is 11.4 Å². The Bertz CT molecular complexity index is 918. The summed E-state index contributed by atoms with van der Waals surface area (Å²) in [6, 6.07) is 5.69. The molecule has 0 aliphatic heterocycles. The Morgan fingerprint density at radius 2 is 2.04 bits per heavy atom. The number of nitrogens with zero attached hydrogens (tertiary/aromatic N) is 3. The Balaban J connectivity index is 1.66. The molecule has 1 amide bonds. The quantitative estimate of drug-likeness (QED) is 0.638. The molecule has 0 atom stereocenters. The van der Waals surface area contributed by atoms with Crippen molar-refractivity contribution in [2.24, 2.45) is 7.05 Å². The lowest BCUT2D eigenvalue weighted by Gasteiger charge is -2.06. The average molecular weight is 391 g/mol. The summed E-state index contributed by atoms with van der Waals surface area (Å²) in [5, 5.41) is 14.0. The number of nitrogens with one attached hydrogen (secondary N) is 1. The van der Waals surface area contributed by atoms with E-state index in [0.29, 0.717) is 10.8 Å². The van der Waals surface area contributed by atoms with Crippen molar-refractivity contribution in [2.45, 2.75) is 25.4 Å². The molecule has 3 rings (SSSR count). The molecule has 2 aromatic heterocycles. The molecular weight excluding hydrogens is 371 g/mol. The second-order valence-electron chi connectivity index (χ2n) is 5.75. The number of hydrogen-bond donors (Lipinski definition) is 1. The third kappa shape index (κ3) is 3.96. The number of thiophene rings is 1. The third-order valence-electron chi connectivity index (χ3n) is 3.99. The molecule has 0 unspecified atom stereocenters. The fourth-order valence-electron chi connectivity index (χ4n) is 2.64. The van der Waals surface area contributed by atoms with E-state index in [0.717, 1.165) is 17.8 Å². The van der Waals surface area contributed by atoms with Crippen LogP contribution < -0.4 is 5.32 Å². The smallest absolute Gasteiger partial charge is 0.234 e. The highest BCUT2D eigenvalue weighted by atomic mass is 32.2. The molecule has 0 fully saturated rings. The first-order valence-corrected chi connectivity index (χ1v) is 10.0. The molecule has 0 saturated heterocycles. The van der Waals surface area contributed by atoms with Crippen molar-refractivity contribution in [3.8, 4) is 11.4 Å². The van der Waals surface area contributed by atoms with Crippen molar-refractivity contribution in [2.75, 3.05) is 11.1 Å². The topological polar surface area (TPSA) is 59.8 Å². The largest absolute Gasteiger partial charge is 0.325 e. The first-order valence-electron chi connectivity index (χ1n) is 8.14. The summed E-state index contributed by atoms with van der Waals surface area (Å²) < 4.78 is 14.8. The maximum Gasteiger partial charge on any atom is 0.234 e. The lowest BCUT2D eigenvalue weighted by atomic mass is 10.1. The molecule has 0 aliphatic rings. The van der Waals surface area contributed by atoms with Gasteiger partial charge < -0.3 is 9.88 Å². The summed E-state index contributed by atoms with van der Waals surface area (Å²) in [6.45, 7) is 4.24. The van der Waals surface area contributed by atoms with E-state index < -0.39 is 0 Å². The zero-order chi connectivity index (χ0) is 18.7. The molecule has 8 heteroatoms. The van der Waals surface area contributed by atoms with Crippen LogP contribution in [-0.2, 0) is 18.3 Å². The van der Waals surface area contributed by atoms with Gasteiger partial charge in [-0.15, -0.1) is 21.5 Å². The summed E-state index contributed by atoms with van der Waals surface area (Å²) in [7, 11) is 1.90. The molecule has 1 N–H and O–H groups in total. The van der Waals surface area contributed by atoms with Gasteiger partial charge in [-0.3, -0.25) is 4.79 Å². The fraction of sp³-hybridized carbons (Fsp3) is 0.278. The maximum absolute atomic E-state index is 12.9. The number of thioether (sulfide) groups is 1. The minimum Gasteiger partial charge on any atom is -0.325 e. The van der Waals surface area contributed by atoms with Crippen LogP contribution in [0.5, 0.6) is 0 Å². The van der Waals surface area contributed by atoms with Crippen molar-refractivity contribution in [1.82, 2.24) is 14.8 Å². The number of benzene rings is 1. The van der Waals surface area contributed by atoms with E-state index in [1.54, 1.807) is 11.3 Å².